The molecule has 35 heavy (non-hydrogen) atoms. The van der Waals surface area contributed by atoms with E-state index in [4.69, 9.17) is 4.74 Å². The van der Waals surface area contributed by atoms with E-state index in [2.05, 4.69) is 15.4 Å². The van der Waals surface area contributed by atoms with Crippen molar-refractivity contribution in [2.75, 3.05) is 23.9 Å². The first-order chi connectivity index (χ1) is 17.0. The molecule has 4 aromatic rings. The summed E-state index contributed by atoms with van der Waals surface area (Å²) < 4.78 is 8.76. The van der Waals surface area contributed by atoms with Crippen molar-refractivity contribution in [2.24, 2.45) is 0 Å². The molecule has 0 aliphatic heterocycles. The highest BCUT2D eigenvalue weighted by atomic mass is 16.5. The number of benzene rings is 1. The molecule has 0 bridgehead atoms. The van der Waals surface area contributed by atoms with Crippen molar-refractivity contribution < 1.29 is 14.6 Å². The number of carboxylic acids is 1. The van der Waals surface area contributed by atoms with E-state index in [1.165, 1.54) is 10.7 Å². The SMILES string of the molecule is CN(Cc1ccccc1)c1cc(Nc2cccn(CCOC3CC3)c2=O)nc2c(C(=O)O)cnn12. The Kier molecular flexibility index (Phi) is 6.19. The first-order valence-electron chi connectivity index (χ1n) is 11.4. The summed E-state index contributed by atoms with van der Waals surface area (Å²) in [5.74, 6) is -0.151. The molecule has 0 unspecified atom stereocenters. The Bertz CT molecular complexity index is 1410. The summed E-state index contributed by atoms with van der Waals surface area (Å²) in [7, 11) is 1.89. The number of aromatic carboxylic acids is 1. The lowest BCUT2D eigenvalue weighted by Gasteiger charge is -2.21. The minimum absolute atomic E-state index is 0.0225. The molecule has 5 rings (SSSR count). The van der Waals surface area contributed by atoms with Crippen LogP contribution in [0.3, 0.4) is 0 Å². The molecule has 0 amide bonds. The van der Waals surface area contributed by atoms with Gasteiger partial charge in [-0.15, -0.1) is 0 Å². The summed E-state index contributed by atoms with van der Waals surface area (Å²) in [5, 5.41) is 17.0. The monoisotopic (exact) mass is 474 g/mol. The Balaban J connectivity index is 1.47. The van der Waals surface area contributed by atoms with Gasteiger partial charge in [-0.3, -0.25) is 4.79 Å². The van der Waals surface area contributed by atoms with Crippen LogP contribution in [-0.4, -0.2) is 50.0 Å². The van der Waals surface area contributed by atoms with Gasteiger partial charge in [-0.2, -0.15) is 9.61 Å². The maximum atomic E-state index is 13.0. The van der Waals surface area contributed by atoms with Gasteiger partial charge < -0.3 is 24.6 Å². The van der Waals surface area contributed by atoms with Gasteiger partial charge in [0, 0.05) is 32.4 Å². The van der Waals surface area contributed by atoms with Gasteiger partial charge >= 0.3 is 5.97 Å². The van der Waals surface area contributed by atoms with E-state index in [9.17, 15) is 14.7 Å². The van der Waals surface area contributed by atoms with Gasteiger partial charge in [0.1, 0.15) is 22.9 Å². The van der Waals surface area contributed by atoms with Gasteiger partial charge in [0.15, 0.2) is 5.65 Å². The van der Waals surface area contributed by atoms with Crippen LogP contribution in [0.5, 0.6) is 0 Å². The second-order valence-electron chi connectivity index (χ2n) is 8.56. The summed E-state index contributed by atoms with van der Waals surface area (Å²) in [6, 6.07) is 15.1. The van der Waals surface area contributed by atoms with Crippen LogP contribution in [0.15, 0.2) is 65.7 Å². The third kappa shape index (κ3) is 5.02. The zero-order valence-corrected chi connectivity index (χ0v) is 19.3. The van der Waals surface area contributed by atoms with Gasteiger partial charge in [-0.1, -0.05) is 30.3 Å². The lowest BCUT2D eigenvalue weighted by molar-refractivity contribution is 0.0698. The molecule has 3 heterocycles. The minimum atomic E-state index is -1.13. The molecule has 1 fully saturated rings. The van der Waals surface area contributed by atoms with Crippen molar-refractivity contribution in [1.82, 2.24) is 19.2 Å². The molecule has 180 valence electrons. The molecule has 10 heteroatoms. The molecule has 0 atom stereocenters. The molecule has 0 radical (unpaired) electrons. The number of carboxylic acid groups (broad SMARTS) is 1. The summed E-state index contributed by atoms with van der Waals surface area (Å²) in [5.41, 5.74) is 1.38. The van der Waals surface area contributed by atoms with Crippen molar-refractivity contribution >= 4 is 28.9 Å². The maximum absolute atomic E-state index is 13.0. The average molecular weight is 475 g/mol. The molecular formula is C25H26N6O4. The van der Waals surface area contributed by atoms with Gasteiger partial charge in [-0.05, 0) is 30.5 Å². The summed E-state index contributed by atoms with van der Waals surface area (Å²) >= 11 is 0. The number of carbonyl (C=O) groups is 1. The largest absolute Gasteiger partial charge is 0.477 e. The number of fused-ring (bicyclic) bond motifs is 1. The second-order valence-corrected chi connectivity index (χ2v) is 8.56. The van der Waals surface area contributed by atoms with E-state index < -0.39 is 5.97 Å². The van der Waals surface area contributed by atoms with E-state index in [1.807, 2.05) is 42.3 Å². The molecule has 3 aromatic heterocycles. The fourth-order valence-corrected chi connectivity index (χ4v) is 3.87. The summed E-state index contributed by atoms with van der Waals surface area (Å²) in [6.45, 7) is 1.50. The molecular weight excluding hydrogens is 448 g/mol. The summed E-state index contributed by atoms with van der Waals surface area (Å²) in [4.78, 5) is 31.2. The number of anilines is 3. The maximum Gasteiger partial charge on any atom is 0.341 e. The third-order valence-electron chi connectivity index (χ3n) is 5.83. The zero-order chi connectivity index (χ0) is 24.4. The van der Waals surface area contributed by atoms with Gasteiger partial charge in [0.25, 0.3) is 5.56 Å². The van der Waals surface area contributed by atoms with Crippen LogP contribution in [-0.2, 0) is 17.8 Å². The van der Waals surface area contributed by atoms with Gasteiger partial charge in [-0.25, -0.2) is 9.78 Å². The highest BCUT2D eigenvalue weighted by molar-refractivity contribution is 5.94. The number of hydrogen-bond donors (Lipinski definition) is 2. The van der Waals surface area contributed by atoms with E-state index in [0.717, 1.165) is 18.4 Å². The predicted octanol–water partition coefficient (Wildman–Crippen LogP) is 3.15. The molecule has 1 saturated carbocycles. The van der Waals surface area contributed by atoms with E-state index in [1.54, 1.807) is 29.0 Å². The molecule has 2 N–H and O–H groups in total. The van der Waals surface area contributed by atoms with E-state index >= 15 is 0 Å². The van der Waals surface area contributed by atoms with Crippen LogP contribution in [0.4, 0.5) is 17.3 Å². The van der Waals surface area contributed by atoms with Gasteiger partial charge in [0.05, 0.1) is 18.9 Å². The van der Waals surface area contributed by atoms with Crippen LogP contribution in [0, 0.1) is 0 Å². The molecule has 1 aliphatic carbocycles. The zero-order valence-electron chi connectivity index (χ0n) is 19.3. The number of nitrogens with zero attached hydrogens (tertiary/aromatic N) is 5. The van der Waals surface area contributed by atoms with Crippen LogP contribution in [0.25, 0.3) is 5.65 Å². The van der Waals surface area contributed by atoms with Crippen LogP contribution >= 0.6 is 0 Å². The Morgan fingerprint density at radius 2 is 2.03 bits per heavy atom. The Labute approximate surface area is 201 Å². The number of hydrogen-bond acceptors (Lipinski definition) is 7. The standard InChI is InChI=1S/C25H26N6O4/c1-29(16-17-6-3-2-4-7-17)22-14-21(28-23-19(25(33)34)15-26-31(22)23)27-20-8-5-11-30(24(20)32)12-13-35-18-9-10-18/h2-8,11,14-15,18H,9-10,12-13,16H2,1H3,(H,27,28)(H,33,34). The second kappa shape index (κ2) is 9.59. The Hall–Kier alpha value is -4.18. The van der Waals surface area contributed by atoms with E-state index in [-0.39, 0.29) is 16.8 Å². The molecule has 0 spiro atoms. The minimum Gasteiger partial charge on any atom is -0.477 e. The highest BCUT2D eigenvalue weighted by Gasteiger charge is 2.22. The lowest BCUT2D eigenvalue weighted by atomic mass is 10.2. The van der Waals surface area contributed by atoms with Crippen molar-refractivity contribution in [1.29, 1.82) is 0 Å². The van der Waals surface area contributed by atoms with Crippen LogP contribution < -0.4 is 15.8 Å². The topological polar surface area (TPSA) is 114 Å². The number of rotatable bonds is 10. The number of nitrogens with one attached hydrogen (secondary N) is 1. The van der Waals surface area contributed by atoms with Crippen molar-refractivity contribution in [3.8, 4) is 0 Å². The van der Waals surface area contributed by atoms with E-state index in [0.29, 0.717) is 43.1 Å². The molecule has 1 aliphatic rings. The molecule has 1 aromatic carbocycles. The molecule has 10 nitrogen and oxygen atoms in total. The summed E-state index contributed by atoms with van der Waals surface area (Å²) in [6.07, 6.45) is 5.49. The quantitative estimate of drug-likeness (QED) is 0.360. The van der Waals surface area contributed by atoms with Crippen molar-refractivity contribution in [2.45, 2.75) is 32.0 Å². The average Bonchev–Trinajstić information content (AvgIpc) is 3.57. The lowest BCUT2D eigenvalue weighted by Crippen LogP contribution is -2.24. The highest BCUT2D eigenvalue weighted by Crippen LogP contribution is 2.25. The normalized spacial score (nSPS) is 13.2. The van der Waals surface area contributed by atoms with Gasteiger partial charge in [0.2, 0.25) is 0 Å². The number of aromatic nitrogens is 4. The van der Waals surface area contributed by atoms with Crippen LogP contribution in [0.2, 0.25) is 0 Å². The van der Waals surface area contributed by atoms with Crippen LogP contribution in [0.1, 0.15) is 28.8 Å². The smallest absolute Gasteiger partial charge is 0.341 e. The fraction of sp³-hybridized carbons (Fsp3) is 0.280. The Morgan fingerprint density at radius 3 is 2.77 bits per heavy atom. The number of pyridine rings is 1. The predicted molar refractivity (Wildman–Crippen MR) is 131 cm³/mol. The van der Waals surface area contributed by atoms with Crippen molar-refractivity contribution in [3.05, 3.63) is 82.4 Å². The van der Waals surface area contributed by atoms with Crippen molar-refractivity contribution in [3.63, 3.8) is 0 Å². The molecule has 0 saturated heterocycles. The first-order valence-corrected chi connectivity index (χ1v) is 11.4. The fourth-order valence-electron chi connectivity index (χ4n) is 3.87. The number of ether oxygens (including phenoxy) is 1. The Morgan fingerprint density at radius 1 is 1.23 bits per heavy atom. The third-order valence-corrected chi connectivity index (χ3v) is 5.83. The first kappa shape index (κ1) is 22.6.